The molecule has 0 aromatic carbocycles. The quantitative estimate of drug-likeness (QED) is 0.859. The van der Waals surface area contributed by atoms with Crippen molar-refractivity contribution in [1.29, 1.82) is 0 Å². The molecule has 0 amide bonds. The van der Waals surface area contributed by atoms with E-state index < -0.39 is 0 Å². The van der Waals surface area contributed by atoms with Gasteiger partial charge in [0, 0.05) is 6.54 Å². The van der Waals surface area contributed by atoms with Gasteiger partial charge in [-0.05, 0) is 27.8 Å². The number of hydrogen-bond donors (Lipinski definition) is 1. The van der Waals surface area contributed by atoms with Crippen LogP contribution in [-0.4, -0.2) is 16.5 Å². The Morgan fingerprint density at radius 2 is 2.13 bits per heavy atom. The van der Waals surface area contributed by atoms with Crippen molar-refractivity contribution in [1.82, 2.24) is 9.97 Å². The highest BCUT2D eigenvalue weighted by Crippen LogP contribution is 2.27. The molecule has 1 heterocycles. The zero-order valence-electron chi connectivity index (χ0n) is 9.14. The van der Waals surface area contributed by atoms with Crippen LogP contribution in [0.4, 0.5) is 5.82 Å². The van der Waals surface area contributed by atoms with Crippen LogP contribution in [0.25, 0.3) is 0 Å². The largest absolute Gasteiger partial charge is 0.368 e. The van der Waals surface area contributed by atoms with E-state index in [4.69, 9.17) is 11.6 Å². The number of aromatic nitrogens is 2. The maximum absolute atomic E-state index is 5.86. The Labute approximate surface area is 104 Å². The molecular weight excluding hydrogens is 277 g/mol. The molecule has 0 saturated carbocycles. The van der Waals surface area contributed by atoms with E-state index in [9.17, 15) is 0 Å². The van der Waals surface area contributed by atoms with E-state index in [2.05, 4.69) is 52.0 Å². The van der Waals surface area contributed by atoms with Crippen molar-refractivity contribution in [3.8, 4) is 0 Å². The zero-order chi connectivity index (χ0) is 11.5. The molecule has 0 atom stereocenters. The van der Waals surface area contributed by atoms with Gasteiger partial charge in [0.15, 0.2) is 0 Å². The number of halogens is 2. The summed E-state index contributed by atoms with van der Waals surface area (Å²) in [6.07, 6.45) is 2.56. The molecule has 1 N–H and O–H groups in total. The predicted octanol–water partition coefficient (Wildman–Crippen LogP) is 3.74. The number of nitrogens with one attached hydrogen (secondary N) is 1. The van der Waals surface area contributed by atoms with Crippen LogP contribution in [0.3, 0.4) is 0 Å². The Bertz CT molecular complexity index is 341. The molecule has 0 spiro atoms. The van der Waals surface area contributed by atoms with Crippen LogP contribution in [0.15, 0.2) is 10.8 Å². The van der Waals surface area contributed by atoms with Gasteiger partial charge in [0.25, 0.3) is 0 Å². The smallest absolute Gasteiger partial charge is 0.148 e. The van der Waals surface area contributed by atoms with Gasteiger partial charge in [-0.15, -0.1) is 0 Å². The lowest BCUT2D eigenvalue weighted by Crippen LogP contribution is -2.22. The molecular formula is C10H15BrClN3. The standard InChI is InChI=1S/C10H15BrClN3/c1-4-10(2,3)5-13-9-7(11)8(12)14-6-15-9/h6H,4-5H2,1-3H3,(H,13,14,15). The van der Waals surface area contributed by atoms with E-state index in [1.54, 1.807) is 0 Å². The van der Waals surface area contributed by atoms with E-state index in [1.165, 1.54) is 6.33 Å². The number of rotatable bonds is 4. The summed E-state index contributed by atoms with van der Waals surface area (Å²) in [7, 11) is 0. The van der Waals surface area contributed by atoms with Crippen molar-refractivity contribution in [2.24, 2.45) is 5.41 Å². The third-order valence-electron chi connectivity index (χ3n) is 2.44. The van der Waals surface area contributed by atoms with Crippen molar-refractivity contribution in [3.05, 3.63) is 16.0 Å². The molecule has 1 aromatic rings. The second-order valence-electron chi connectivity index (χ2n) is 4.20. The Morgan fingerprint density at radius 3 is 2.73 bits per heavy atom. The lowest BCUT2D eigenvalue weighted by Gasteiger charge is -2.23. The second-order valence-corrected chi connectivity index (χ2v) is 5.35. The van der Waals surface area contributed by atoms with E-state index in [0.29, 0.717) is 5.15 Å². The van der Waals surface area contributed by atoms with Crippen molar-refractivity contribution >= 4 is 33.3 Å². The molecule has 5 heteroatoms. The molecule has 0 saturated heterocycles. The topological polar surface area (TPSA) is 37.8 Å². The highest BCUT2D eigenvalue weighted by atomic mass is 79.9. The van der Waals surface area contributed by atoms with Gasteiger partial charge in [-0.25, -0.2) is 9.97 Å². The molecule has 0 fully saturated rings. The summed E-state index contributed by atoms with van der Waals surface area (Å²) in [5.74, 6) is 0.747. The molecule has 0 radical (unpaired) electrons. The fourth-order valence-electron chi connectivity index (χ4n) is 0.920. The Balaban J connectivity index is 2.70. The van der Waals surface area contributed by atoms with Gasteiger partial charge in [-0.1, -0.05) is 32.4 Å². The van der Waals surface area contributed by atoms with Crippen LogP contribution < -0.4 is 5.32 Å². The molecule has 1 rings (SSSR count). The summed E-state index contributed by atoms with van der Waals surface area (Å²) >= 11 is 9.21. The van der Waals surface area contributed by atoms with Crippen molar-refractivity contribution in [3.63, 3.8) is 0 Å². The first-order valence-electron chi connectivity index (χ1n) is 4.86. The lowest BCUT2D eigenvalue weighted by molar-refractivity contribution is 0.376. The van der Waals surface area contributed by atoms with E-state index in [-0.39, 0.29) is 5.41 Å². The SMILES string of the molecule is CCC(C)(C)CNc1ncnc(Cl)c1Br. The molecule has 0 unspecified atom stereocenters. The van der Waals surface area contributed by atoms with Crippen molar-refractivity contribution < 1.29 is 0 Å². The van der Waals surface area contributed by atoms with E-state index in [1.807, 2.05) is 0 Å². The molecule has 0 bridgehead atoms. The van der Waals surface area contributed by atoms with Crippen LogP contribution >= 0.6 is 27.5 Å². The first-order chi connectivity index (χ1) is 6.96. The summed E-state index contributed by atoms with van der Waals surface area (Å²) in [4.78, 5) is 7.99. The molecule has 0 aliphatic heterocycles. The summed E-state index contributed by atoms with van der Waals surface area (Å²) < 4.78 is 0.721. The molecule has 1 aromatic heterocycles. The van der Waals surface area contributed by atoms with Gasteiger partial charge >= 0.3 is 0 Å². The van der Waals surface area contributed by atoms with Crippen molar-refractivity contribution in [2.75, 3.05) is 11.9 Å². The summed E-state index contributed by atoms with van der Waals surface area (Å²) in [6.45, 7) is 7.44. The third-order valence-corrected chi connectivity index (χ3v) is 3.70. The molecule has 84 valence electrons. The Morgan fingerprint density at radius 1 is 1.47 bits per heavy atom. The number of nitrogens with zero attached hydrogens (tertiary/aromatic N) is 2. The normalized spacial score (nSPS) is 11.5. The molecule has 3 nitrogen and oxygen atoms in total. The fourth-order valence-corrected chi connectivity index (χ4v) is 1.40. The predicted molar refractivity (Wildman–Crippen MR) is 67.3 cm³/mol. The zero-order valence-corrected chi connectivity index (χ0v) is 11.5. The van der Waals surface area contributed by atoms with Gasteiger partial charge in [0.1, 0.15) is 17.3 Å². The lowest BCUT2D eigenvalue weighted by atomic mass is 9.90. The molecule has 15 heavy (non-hydrogen) atoms. The van der Waals surface area contributed by atoms with Crippen LogP contribution in [0.5, 0.6) is 0 Å². The minimum absolute atomic E-state index is 0.247. The first kappa shape index (κ1) is 12.7. The Hall–Kier alpha value is -0.350. The van der Waals surface area contributed by atoms with E-state index >= 15 is 0 Å². The van der Waals surface area contributed by atoms with Gasteiger partial charge in [0.05, 0.1) is 4.47 Å². The Kier molecular flexibility index (Phi) is 4.34. The van der Waals surface area contributed by atoms with Crippen molar-refractivity contribution in [2.45, 2.75) is 27.2 Å². The third kappa shape index (κ3) is 3.61. The monoisotopic (exact) mass is 291 g/mol. The van der Waals surface area contributed by atoms with Crippen LogP contribution in [0, 0.1) is 5.41 Å². The van der Waals surface area contributed by atoms with Gasteiger partial charge in [0.2, 0.25) is 0 Å². The molecule has 0 aliphatic carbocycles. The number of hydrogen-bond acceptors (Lipinski definition) is 3. The minimum Gasteiger partial charge on any atom is -0.368 e. The second kappa shape index (κ2) is 5.12. The summed E-state index contributed by atoms with van der Waals surface area (Å²) in [5, 5.41) is 3.69. The molecule has 0 aliphatic rings. The first-order valence-corrected chi connectivity index (χ1v) is 6.03. The maximum Gasteiger partial charge on any atom is 0.148 e. The van der Waals surface area contributed by atoms with Crippen LogP contribution in [-0.2, 0) is 0 Å². The highest BCUT2D eigenvalue weighted by molar-refractivity contribution is 9.10. The van der Waals surface area contributed by atoms with E-state index in [0.717, 1.165) is 23.3 Å². The van der Waals surface area contributed by atoms with Gasteiger partial charge in [-0.3, -0.25) is 0 Å². The maximum atomic E-state index is 5.86. The average Bonchev–Trinajstić information content (AvgIpc) is 2.20. The summed E-state index contributed by atoms with van der Waals surface area (Å²) in [5.41, 5.74) is 0.247. The average molecular weight is 293 g/mol. The van der Waals surface area contributed by atoms with Crippen LogP contribution in [0.2, 0.25) is 5.15 Å². The fraction of sp³-hybridized carbons (Fsp3) is 0.600. The van der Waals surface area contributed by atoms with Gasteiger partial charge < -0.3 is 5.32 Å². The number of anilines is 1. The minimum atomic E-state index is 0.247. The van der Waals surface area contributed by atoms with Crippen LogP contribution in [0.1, 0.15) is 27.2 Å². The van der Waals surface area contributed by atoms with Gasteiger partial charge in [-0.2, -0.15) is 0 Å². The summed E-state index contributed by atoms with van der Waals surface area (Å²) in [6, 6.07) is 0. The highest BCUT2D eigenvalue weighted by Gasteiger charge is 2.16.